The van der Waals surface area contributed by atoms with Crippen LogP contribution in [0.15, 0.2) is 61.2 Å². The minimum atomic E-state index is -1.31. The van der Waals surface area contributed by atoms with Crippen LogP contribution < -0.4 is 21.5 Å². The van der Waals surface area contributed by atoms with E-state index >= 15 is 0 Å². The summed E-state index contributed by atoms with van der Waals surface area (Å²) in [6.07, 6.45) is 8.95. The van der Waals surface area contributed by atoms with Gasteiger partial charge >= 0.3 is 0 Å². The van der Waals surface area contributed by atoms with E-state index in [9.17, 15) is 24.6 Å². The number of hydrogen-bond donors (Lipinski definition) is 6. The van der Waals surface area contributed by atoms with Gasteiger partial charge < -0.3 is 36.7 Å². The van der Waals surface area contributed by atoms with Crippen molar-refractivity contribution in [1.29, 1.82) is 0 Å². The highest BCUT2D eigenvalue weighted by Crippen LogP contribution is 2.29. The molecule has 3 unspecified atom stereocenters. The number of nitrogens with zero attached hydrogens (tertiary/aromatic N) is 3. The topological polar surface area (TPSA) is 210 Å². The van der Waals surface area contributed by atoms with E-state index in [-0.39, 0.29) is 44.6 Å². The lowest BCUT2D eigenvalue weighted by Crippen LogP contribution is -2.60. The first-order valence-corrected chi connectivity index (χ1v) is 17.7. The minimum Gasteiger partial charge on any atom is -0.497 e. The van der Waals surface area contributed by atoms with Crippen molar-refractivity contribution in [3.8, 4) is 5.75 Å². The lowest BCUT2D eigenvalue weighted by molar-refractivity contribution is -0.153. The fourth-order valence-corrected chi connectivity index (χ4v) is 6.67. The highest BCUT2D eigenvalue weighted by molar-refractivity contribution is 6.02. The number of aromatic amines is 1. The molecule has 0 bridgehead atoms. The lowest BCUT2D eigenvalue weighted by Gasteiger charge is -2.35. The molecule has 1 fully saturated rings. The Balaban J connectivity index is 1.60. The van der Waals surface area contributed by atoms with E-state index in [1.807, 2.05) is 12.1 Å². The third-order valence-corrected chi connectivity index (χ3v) is 9.39. The molecule has 1 aliphatic carbocycles. The van der Waals surface area contributed by atoms with Crippen molar-refractivity contribution >= 4 is 17.7 Å². The molecule has 3 aromatic rings. The summed E-state index contributed by atoms with van der Waals surface area (Å²) in [6.45, 7) is 0.221. The van der Waals surface area contributed by atoms with E-state index in [4.69, 9.17) is 16.2 Å². The van der Waals surface area contributed by atoms with Gasteiger partial charge in [-0.05, 0) is 61.6 Å². The van der Waals surface area contributed by atoms with Gasteiger partial charge in [0.2, 0.25) is 17.7 Å². The maximum atomic E-state index is 14.4. The summed E-state index contributed by atoms with van der Waals surface area (Å²) < 4.78 is 5.23. The van der Waals surface area contributed by atoms with Gasteiger partial charge in [-0.3, -0.25) is 24.3 Å². The van der Waals surface area contributed by atoms with Crippen molar-refractivity contribution in [2.24, 2.45) is 17.4 Å². The summed E-state index contributed by atoms with van der Waals surface area (Å²) in [7, 11) is 1.56. The van der Waals surface area contributed by atoms with E-state index < -0.39 is 48.1 Å². The molecule has 8 N–H and O–H groups in total. The number of aromatic nitrogens is 3. The van der Waals surface area contributed by atoms with Crippen LogP contribution in [0.1, 0.15) is 74.7 Å². The van der Waals surface area contributed by atoms with Crippen molar-refractivity contribution in [1.82, 2.24) is 25.2 Å². The van der Waals surface area contributed by atoms with Crippen molar-refractivity contribution in [2.45, 2.75) is 107 Å². The Kier molecular flexibility index (Phi) is 15.4. The Morgan fingerprint density at radius 1 is 1.02 bits per heavy atom. The molecule has 0 aliphatic heterocycles. The van der Waals surface area contributed by atoms with E-state index in [0.29, 0.717) is 30.0 Å². The molecule has 1 saturated carbocycles. The number of aliphatic hydroxyl groups excluding tert-OH is 2. The number of aliphatic hydroxyl groups is 2. The van der Waals surface area contributed by atoms with E-state index in [0.717, 1.165) is 42.6 Å². The molecule has 1 aromatic carbocycles. The summed E-state index contributed by atoms with van der Waals surface area (Å²) in [5.41, 5.74) is 14.1. The number of ether oxygens (including phenoxy) is 1. The second-order valence-electron chi connectivity index (χ2n) is 13.3. The molecule has 0 saturated heterocycles. The molecular weight excluding hydrogens is 638 g/mol. The van der Waals surface area contributed by atoms with E-state index in [1.165, 1.54) is 6.33 Å². The van der Waals surface area contributed by atoms with Crippen LogP contribution in [0.4, 0.5) is 0 Å². The number of nitrogens with one attached hydrogen (secondary N) is 2. The van der Waals surface area contributed by atoms with E-state index in [2.05, 4.69) is 20.3 Å². The third kappa shape index (κ3) is 11.7. The molecule has 272 valence electrons. The molecule has 0 radical (unpaired) electrons. The monoisotopic (exact) mass is 691 g/mol. The Hall–Kier alpha value is -4.17. The summed E-state index contributed by atoms with van der Waals surface area (Å²) in [6, 6.07) is 9.36. The SMILES string of the molecule is COc1ccc(CC(N)C(=O)N(C(=O)CCCN)C(Cc2c[nH]cn2)C(=O)N[C@@H](CC2CCCCC2)[C@H](O)CC(O)Cc2ccccn2)cc1. The number of carbonyl (C=O) groups is 3. The number of imide groups is 1. The minimum absolute atomic E-state index is 0.00306. The van der Waals surface area contributed by atoms with Crippen LogP contribution in [0.2, 0.25) is 0 Å². The second kappa shape index (κ2) is 19.9. The summed E-state index contributed by atoms with van der Waals surface area (Å²) in [5.74, 6) is -0.969. The van der Waals surface area contributed by atoms with Gasteiger partial charge in [0.15, 0.2) is 0 Å². The Morgan fingerprint density at radius 3 is 2.42 bits per heavy atom. The van der Waals surface area contributed by atoms with Crippen LogP contribution in [-0.4, -0.2) is 91.8 Å². The molecule has 2 aromatic heterocycles. The van der Waals surface area contributed by atoms with Crippen molar-refractivity contribution < 1.29 is 29.3 Å². The first-order valence-electron chi connectivity index (χ1n) is 17.7. The van der Waals surface area contributed by atoms with Crippen molar-refractivity contribution in [3.63, 3.8) is 0 Å². The molecular formula is C37H53N7O6. The Bertz CT molecular complexity index is 1450. The van der Waals surface area contributed by atoms with Crippen LogP contribution >= 0.6 is 0 Å². The number of methoxy groups -OCH3 is 1. The zero-order valence-electron chi connectivity index (χ0n) is 29.0. The smallest absolute Gasteiger partial charge is 0.247 e. The van der Waals surface area contributed by atoms with Crippen LogP contribution in [-0.2, 0) is 33.6 Å². The van der Waals surface area contributed by atoms with Crippen LogP contribution in [0.25, 0.3) is 0 Å². The molecule has 2 heterocycles. The number of pyridine rings is 1. The predicted octanol–water partition coefficient (Wildman–Crippen LogP) is 2.20. The molecule has 3 amide bonds. The van der Waals surface area contributed by atoms with Crippen LogP contribution in [0.5, 0.6) is 5.75 Å². The first-order chi connectivity index (χ1) is 24.2. The van der Waals surface area contributed by atoms with Gasteiger partial charge in [-0.25, -0.2) is 4.98 Å². The van der Waals surface area contributed by atoms with Gasteiger partial charge in [-0.1, -0.05) is 50.3 Å². The number of amides is 3. The van der Waals surface area contributed by atoms with Gasteiger partial charge in [0, 0.05) is 43.8 Å². The van der Waals surface area contributed by atoms with Crippen molar-refractivity contribution in [2.75, 3.05) is 13.7 Å². The Morgan fingerprint density at radius 2 is 1.78 bits per heavy atom. The molecule has 50 heavy (non-hydrogen) atoms. The lowest BCUT2D eigenvalue weighted by atomic mass is 9.83. The quantitative estimate of drug-likeness (QED) is 0.108. The average molecular weight is 692 g/mol. The average Bonchev–Trinajstić information content (AvgIpc) is 3.64. The first kappa shape index (κ1) is 38.6. The molecule has 4 rings (SSSR count). The number of carbonyl (C=O) groups excluding carboxylic acids is 3. The number of rotatable bonds is 19. The van der Waals surface area contributed by atoms with Crippen LogP contribution in [0, 0.1) is 5.92 Å². The predicted molar refractivity (Wildman–Crippen MR) is 189 cm³/mol. The van der Waals surface area contributed by atoms with Gasteiger partial charge in [0.25, 0.3) is 0 Å². The van der Waals surface area contributed by atoms with Gasteiger partial charge in [-0.15, -0.1) is 0 Å². The van der Waals surface area contributed by atoms with Gasteiger partial charge in [-0.2, -0.15) is 0 Å². The van der Waals surface area contributed by atoms with Crippen LogP contribution in [0.3, 0.4) is 0 Å². The number of imidazole rings is 1. The maximum Gasteiger partial charge on any atom is 0.247 e. The summed E-state index contributed by atoms with van der Waals surface area (Å²) in [4.78, 5) is 54.7. The zero-order chi connectivity index (χ0) is 35.9. The highest BCUT2D eigenvalue weighted by atomic mass is 16.5. The molecule has 5 atom stereocenters. The molecule has 13 heteroatoms. The maximum absolute atomic E-state index is 14.4. The van der Waals surface area contributed by atoms with E-state index in [1.54, 1.807) is 49.8 Å². The summed E-state index contributed by atoms with van der Waals surface area (Å²) >= 11 is 0. The summed E-state index contributed by atoms with van der Waals surface area (Å²) in [5, 5.41) is 25.5. The van der Waals surface area contributed by atoms with Gasteiger partial charge in [0.1, 0.15) is 11.8 Å². The largest absolute Gasteiger partial charge is 0.497 e. The fourth-order valence-electron chi connectivity index (χ4n) is 6.67. The molecule has 1 aliphatic rings. The third-order valence-electron chi connectivity index (χ3n) is 9.39. The number of nitrogens with two attached hydrogens (primary N) is 2. The molecule has 13 nitrogen and oxygen atoms in total. The number of H-pyrrole nitrogens is 1. The zero-order valence-corrected chi connectivity index (χ0v) is 29.0. The highest BCUT2D eigenvalue weighted by Gasteiger charge is 2.39. The molecule has 0 spiro atoms. The second-order valence-corrected chi connectivity index (χ2v) is 13.3. The fraction of sp³-hybridized carbons (Fsp3) is 0.541. The number of hydrogen-bond acceptors (Lipinski definition) is 10. The number of benzene rings is 1. The normalized spacial score (nSPS) is 16.5. The van der Waals surface area contributed by atoms with Crippen molar-refractivity contribution in [3.05, 3.63) is 78.1 Å². The van der Waals surface area contributed by atoms with Gasteiger partial charge in [0.05, 0.1) is 43.4 Å². The standard InChI is InChI=1S/C37H53N7O6/c1-50-30-14-12-26(13-15-30)18-31(39)37(49)44(35(47)11-7-16-38)33(21-28-23-40-24-42-28)36(48)43-32(19-25-8-3-2-4-9-25)34(46)22-29(45)20-27-10-5-6-17-41-27/h5-6,10,12-15,17,23-25,29,31-34,45-46H,2-4,7-9,11,16,18-22,38-39H2,1H3,(H,40,42)(H,43,48)/t29?,31?,32-,33?,34+/m0/s1. The Labute approximate surface area is 294 Å².